The molecule has 0 aliphatic carbocycles. The van der Waals surface area contributed by atoms with Crippen LogP contribution >= 0.6 is 0 Å². The highest BCUT2D eigenvalue weighted by atomic mass is 32.2. The summed E-state index contributed by atoms with van der Waals surface area (Å²) in [4.78, 5) is 16.3. The van der Waals surface area contributed by atoms with Crippen LogP contribution in [0.25, 0.3) is 0 Å². The molecule has 0 spiro atoms. The average Bonchev–Trinajstić information content (AvgIpc) is 2.87. The quantitative estimate of drug-likeness (QED) is 0.318. The van der Waals surface area contributed by atoms with Gasteiger partial charge in [0.15, 0.2) is 9.84 Å². The van der Waals surface area contributed by atoms with Gasteiger partial charge in [-0.15, -0.1) is 0 Å². The van der Waals surface area contributed by atoms with Crippen molar-refractivity contribution in [2.24, 2.45) is 0 Å². The number of sulfone groups is 1. The second-order valence-electron chi connectivity index (χ2n) is 8.65. The van der Waals surface area contributed by atoms with Gasteiger partial charge < -0.3 is 20.2 Å². The van der Waals surface area contributed by atoms with Crippen molar-refractivity contribution in [3.05, 3.63) is 53.6 Å². The molecular weight excluding hydrogens is 516 g/mol. The van der Waals surface area contributed by atoms with E-state index in [2.05, 4.69) is 19.8 Å². The minimum Gasteiger partial charge on any atom is -0.461 e. The highest BCUT2D eigenvalue weighted by Crippen LogP contribution is 2.29. The van der Waals surface area contributed by atoms with Crippen molar-refractivity contribution in [1.29, 1.82) is 5.41 Å². The molecule has 1 unspecified atom stereocenters. The smallest absolute Gasteiger partial charge is 0.274 e. The molecule has 0 aliphatic heterocycles. The largest absolute Gasteiger partial charge is 0.461 e. The van der Waals surface area contributed by atoms with Gasteiger partial charge in [-0.1, -0.05) is 34.1 Å². The molecule has 0 aliphatic rings. The highest BCUT2D eigenvalue weighted by Gasteiger charge is 2.39. The molecule has 0 saturated carbocycles. The van der Waals surface area contributed by atoms with Crippen LogP contribution in [-0.2, 0) is 14.6 Å². The molecule has 8 nitrogen and oxygen atoms in total. The summed E-state index contributed by atoms with van der Waals surface area (Å²) < 4.78 is 60.3. The summed E-state index contributed by atoms with van der Waals surface area (Å²) in [5.74, 6) is -2.06. The lowest BCUT2D eigenvalue weighted by Crippen LogP contribution is -2.42. The molecule has 38 heavy (non-hydrogen) atoms. The van der Waals surface area contributed by atoms with E-state index in [0.29, 0.717) is 12.8 Å². The standard InChI is InChI=1S/C23H29F2N3O4S.C2H6O.C2H6/c1-5-6-21(26)23(3,4)33(30,31)13-15(2)18-11-16(7-9-19(18)25)28-22(29)20-10-8-17(12-27-20)32-14-24;1-3-2;1-2/h7-12,15,26H,5-6,13-14H2,1-4H3,(H,28,29);1-2H3;1-2H3. The van der Waals surface area contributed by atoms with Crippen molar-refractivity contribution < 1.29 is 31.5 Å². The predicted octanol–water partition coefficient (Wildman–Crippen LogP) is 6.18. The summed E-state index contributed by atoms with van der Waals surface area (Å²) in [6, 6.07) is 6.65. The van der Waals surface area contributed by atoms with E-state index >= 15 is 0 Å². The molecule has 1 aromatic carbocycles. The molecule has 0 fully saturated rings. The van der Waals surface area contributed by atoms with Gasteiger partial charge in [0.1, 0.15) is 22.0 Å². The number of halogens is 2. The number of benzene rings is 1. The number of amides is 1. The van der Waals surface area contributed by atoms with Gasteiger partial charge in [-0.2, -0.15) is 0 Å². The fourth-order valence-corrected chi connectivity index (χ4v) is 4.96. The summed E-state index contributed by atoms with van der Waals surface area (Å²) >= 11 is 0. The third-order valence-electron chi connectivity index (χ3n) is 5.45. The molecule has 0 bridgehead atoms. The average molecular weight is 558 g/mol. The monoisotopic (exact) mass is 557 g/mol. The number of hydrogen-bond donors (Lipinski definition) is 2. The van der Waals surface area contributed by atoms with Gasteiger partial charge in [0.05, 0.1) is 11.9 Å². The van der Waals surface area contributed by atoms with E-state index in [9.17, 15) is 22.0 Å². The maximum Gasteiger partial charge on any atom is 0.274 e. The Balaban J connectivity index is 0.00000255. The van der Waals surface area contributed by atoms with Gasteiger partial charge >= 0.3 is 0 Å². The fourth-order valence-electron chi connectivity index (χ4n) is 3.22. The molecule has 2 N–H and O–H groups in total. The van der Waals surface area contributed by atoms with Gasteiger partial charge in [0.25, 0.3) is 5.91 Å². The van der Waals surface area contributed by atoms with Crippen LogP contribution in [0.3, 0.4) is 0 Å². The van der Waals surface area contributed by atoms with Crippen molar-refractivity contribution in [2.75, 3.05) is 32.1 Å². The van der Waals surface area contributed by atoms with Gasteiger partial charge in [-0.3, -0.25) is 4.79 Å². The highest BCUT2D eigenvalue weighted by molar-refractivity contribution is 7.93. The SMILES string of the molecule is CC.CCCC(=N)C(C)(C)S(=O)(=O)CC(C)c1cc(NC(=O)c2ccc(OCF)cn2)ccc1F.COC. The number of nitrogens with zero attached hydrogens (tertiary/aromatic N) is 1. The van der Waals surface area contributed by atoms with E-state index in [4.69, 9.17) is 5.41 Å². The van der Waals surface area contributed by atoms with Gasteiger partial charge in [-0.25, -0.2) is 22.2 Å². The maximum absolute atomic E-state index is 14.5. The zero-order valence-corrected chi connectivity index (χ0v) is 24.3. The van der Waals surface area contributed by atoms with Crippen LogP contribution in [0.1, 0.15) is 76.4 Å². The lowest BCUT2D eigenvalue weighted by Gasteiger charge is -2.27. The summed E-state index contributed by atoms with van der Waals surface area (Å²) in [7, 11) is -0.510. The Labute approximate surface area is 225 Å². The third kappa shape index (κ3) is 10.1. The Morgan fingerprint density at radius 3 is 2.29 bits per heavy atom. The predicted molar refractivity (Wildman–Crippen MR) is 148 cm³/mol. The maximum atomic E-state index is 14.5. The first-order valence-electron chi connectivity index (χ1n) is 12.3. The third-order valence-corrected chi connectivity index (χ3v) is 8.19. The fraction of sp³-hybridized carbons (Fsp3) is 0.519. The molecule has 1 atom stereocenters. The summed E-state index contributed by atoms with van der Waals surface area (Å²) in [6.07, 6.45) is 2.23. The second kappa shape index (κ2) is 16.8. The molecule has 214 valence electrons. The number of nitrogens with one attached hydrogen (secondary N) is 2. The van der Waals surface area contributed by atoms with E-state index in [-0.39, 0.29) is 34.2 Å². The van der Waals surface area contributed by atoms with E-state index in [0.717, 1.165) is 6.07 Å². The van der Waals surface area contributed by atoms with Crippen LogP contribution in [0, 0.1) is 11.2 Å². The number of pyridine rings is 1. The van der Waals surface area contributed by atoms with Crippen molar-refractivity contribution in [3.8, 4) is 5.75 Å². The van der Waals surface area contributed by atoms with E-state index in [1.807, 2.05) is 20.8 Å². The van der Waals surface area contributed by atoms with Crippen molar-refractivity contribution in [2.45, 2.75) is 65.0 Å². The van der Waals surface area contributed by atoms with Gasteiger partial charge in [0.2, 0.25) is 6.86 Å². The van der Waals surface area contributed by atoms with Gasteiger partial charge in [-0.05, 0) is 62.1 Å². The Hall–Kier alpha value is -2.92. The number of hydrogen-bond acceptors (Lipinski definition) is 7. The van der Waals surface area contributed by atoms with E-state index in [1.54, 1.807) is 21.1 Å². The molecule has 0 saturated heterocycles. The number of carbonyl (C=O) groups excluding carboxylic acids is 1. The first-order chi connectivity index (χ1) is 17.8. The normalized spacial score (nSPS) is 11.7. The zero-order valence-electron chi connectivity index (χ0n) is 23.5. The Kier molecular flexibility index (Phi) is 15.5. The molecular formula is C27H41F2N3O5S. The first kappa shape index (κ1) is 35.1. The Morgan fingerprint density at radius 1 is 1.18 bits per heavy atom. The number of ether oxygens (including phenoxy) is 2. The topological polar surface area (TPSA) is 118 Å². The molecule has 1 heterocycles. The van der Waals surface area contributed by atoms with Gasteiger partial charge in [0, 0.05) is 25.6 Å². The van der Waals surface area contributed by atoms with Crippen LogP contribution in [0.2, 0.25) is 0 Å². The van der Waals surface area contributed by atoms with Crippen LogP contribution < -0.4 is 10.1 Å². The van der Waals surface area contributed by atoms with E-state index in [1.165, 1.54) is 44.3 Å². The van der Waals surface area contributed by atoms with Crippen molar-refractivity contribution >= 4 is 27.1 Å². The van der Waals surface area contributed by atoms with Crippen LogP contribution in [-0.4, -0.2) is 56.6 Å². The Morgan fingerprint density at radius 2 is 1.79 bits per heavy atom. The molecule has 2 rings (SSSR count). The van der Waals surface area contributed by atoms with Crippen LogP contribution in [0.15, 0.2) is 36.5 Å². The number of methoxy groups -OCH3 is 1. The zero-order chi connectivity index (χ0) is 29.5. The molecule has 0 radical (unpaired) electrons. The minimum atomic E-state index is -3.76. The van der Waals surface area contributed by atoms with Crippen molar-refractivity contribution in [1.82, 2.24) is 4.98 Å². The van der Waals surface area contributed by atoms with Crippen molar-refractivity contribution in [3.63, 3.8) is 0 Å². The first-order valence-corrected chi connectivity index (χ1v) is 14.0. The number of aromatic nitrogens is 1. The number of alkyl halides is 1. The molecule has 11 heteroatoms. The second-order valence-corrected chi connectivity index (χ2v) is 11.2. The lowest BCUT2D eigenvalue weighted by molar-refractivity contribution is 0.102. The van der Waals surface area contributed by atoms with Crippen LogP contribution in [0.4, 0.5) is 14.5 Å². The number of carbonyl (C=O) groups is 1. The summed E-state index contributed by atoms with van der Waals surface area (Å²) in [6.45, 7) is 9.44. The van der Waals surface area contributed by atoms with E-state index < -0.39 is 39.1 Å². The van der Waals surface area contributed by atoms with Crippen LogP contribution in [0.5, 0.6) is 5.75 Å². The molecule has 2 aromatic rings. The Bertz CT molecular complexity index is 1120. The molecule has 1 aromatic heterocycles. The summed E-state index contributed by atoms with van der Waals surface area (Å²) in [5.41, 5.74) is 0.561. The minimum absolute atomic E-state index is 0.0406. The molecule has 1 amide bonds. The number of rotatable bonds is 11. The lowest BCUT2D eigenvalue weighted by atomic mass is 10.0. The number of anilines is 1. The summed E-state index contributed by atoms with van der Waals surface area (Å²) in [5, 5.41) is 10.7.